The number of rotatable bonds is 2. The number of allylic oxidation sites excluding steroid dienone is 1. The van der Waals surface area contributed by atoms with Gasteiger partial charge in [-0.25, -0.2) is 4.98 Å². The fraction of sp³-hybridized carbons (Fsp3) is 0. The van der Waals surface area contributed by atoms with E-state index >= 15 is 0 Å². The van der Waals surface area contributed by atoms with Crippen molar-refractivity contribution in [1.29, 1.82) is 0 Å². The number of ketones is 2. The predicted molar refractivity (Wildman–Crippen MR) is 99.9 cm³/mol. The van der Waals surface area contributed by atoms with Crippen LogP contribution < -0.4 is 0 Å². The number of Topliss-reactive ketones (excluding diaryl/α,β-unsaturated/α-hetero) is 2. The average molecular weight is 362 g/mol. The van der Waals surface area contributed by atoms with E-state index in [0.29, 0.717) is 10.4 Å². The zero-order chi connectivity index (χ0) is 17.0. The number of carbonyl (C=O) groups is 2. The van der Waals surface area contributed by atoms with Gasteiger partial charge < -0.3 is 0 Å². The van der Waals surface area contributed by atoms with Gasteiger partial charge in [-0.2, -0.15) is 0 Å². The highest BCUT2D eigenvalue weighted by atomic mass is 32.1. The molecule has 5 rings (SSSR count). The molecule has 0 bridgehead atoms. The first-order chi connectivity index (χ1) is 12.2. The molecule has 0 N–H and O–H groups in total. The Hall–Kier alpha value is -2.83. The maximum absolute atomic E-state index is 12.4. The molecule has 6 heteroatoms. The van der Waals surface area contributed by atoms with Gasteiger partial charge in [0, 0.05) is 28.2 Å². The lowest BCUT2D eigenvalue weighted by molar-refractivity contribution is 0.0991. The average Bonchev–Trinajstić information content (AvgIpc) is 3.38. The number of thiophene rings is 2. The molecule has 4 heterocycles. The standard InChI is InChI=1S/C19H10N2O2S2/c22-16-13-6-9-24-18(13)17(23)14(16)10-12-3-4-15(25-12)21-8-5-11-2-1-7-20-19(11)21/h1-10H/b14-10+. The summed E-state index contributed by atoms with van der Waals surface area (Å²) in [6, 6.07) is 11.6. The van der Waals surface area contributed by atoms with Crippen molar-refractivity contribution >= 4 is 51.3 Å². The fourth-order valence-electron chi connectivity index (χ4n) is 3.00. The van der Waals surface area contributed by atoms with Crippen LogP contribution in [0.5, 0.6) is 0 Å². The summed E-state index contributed by atoms with van der Waals surface area (Å²) in [4.78, 5) is 30.6. The van der Waals surface area contributed by atoms with Crippen LogP contribution >= 0.6 is 22.7 Å². The molecule has 25 heavy (non-hydrogen) atoms. The van der Waals surface area contributed by atoms with Crippen molar-refractivity contribution in [3.63, 3.8) is 0 Å². The van der Waals surface area contributed by atoms with E-state index in [0.717, 1.165) is 20.9 Å². The van der Waals surface area contributed by atoms with Gasteiger partial charge in [-0.15, -0.1) is 22.7 Å². The van der Waals surface area contributed by atoms with E-state index in [1.165, 1.54) is 22.7 Å². The summed E-state index contributed by atoms with van der Waals surface area (Å²) < 4.78 is 2.01. The van der Waals surface area contributed by atoms with Crippen LogP contribution in [0.1, 0.15) is 24.9 Å². The van der Waals surface area contributed by atoms with Crippen molar-refractivity contribution in [2.24, 2.45) is 0 Å². The molecule has 120 valence electrons. The van der Waals surface area contributed by atoms with E-state index in [2.05, 4.69) is 4.98 Å². The first kappa shape index (κ1) is 14.5. The highest BCUT2D eigenvalue weighted by Crippen LogP contribution is 2.33. The Labute approximate surface area is 150 Å². The van der Waals surface area contributed by atoms with Crippen LogP contribution in [-0.2, 0) is 0 Å². The largest absolute Gasteiger partial charge is 0.292 e. The summed E-state index contributed by atoms with van der Waals surface area (Å²) in [5, 5.41) is 3.85. The van der Waals surface area contributed by atoms with Gasteiger partial charge in [0.05, 0.1) is 10.5 Å². The summed E-state index contributed by atoms with van der Waals surface area (Å²) in [5.41, 5.74) is 1.67. The maximum Gasteiger partial charge on any atom is 0.207 e. The highest BCUT2D eigenvalue weighted by Gasteiger charge is 2.34. The molecule has 0 unspecified atom stereocenters. The van der Waals surface area contributed by atoms with Gasteiger partial charge in [0.15, 0.2) is 5.78 Å². The summed E-state index contributed by atoms with van der Waals surface area (Å²) in [6.07, 6.45) is 5.44. The molecule has 0 saturated heterocycles. The SMILES string of the molecule is O=C1/C(=C\c2ccc(-n3ccc4cccnc43)s2)C(=O)c2sccc21. The highest BCUT2D eigenvalue weighted by molar-refractivity contribution is 7.15. The molecule has 0 fully saturated rings. The van der Waals surface area contributed by atoms with Gasteiger partial charge in [-0.05, 0) is 47.9 Å². The van der Waals surface area contributed by atoms with Gasteiger partial charge in [0.25, 0.3) is 0 Å². The second-order valence-corrected chi connectivity index (χ2v) is 7.67. The normalized spacial score (nSPS) is 15.4. The lowest BCUT2D eigenvalue weighted by Gasteiger charge is -1.99. The van der Waals surface area contributed by atoms with Crippen LogP contribution in [0, 0.1) is 0 Å². The smallest absolute Gasteiger partial charge is 0.207 e. The van der Waals surface area contributed by atoms with Crippen molar-refractivity contribution in [3.8, 4) is 5.00 Å². The molecule has 4 aromatic heterocycles. The zero-order valence-electron chi connectivity index (χ0n) is 12.8. The molecule has 0 aliphatic heterocycles. The quantitative estimate of drug-likeness (QED) is 0.386. The summed E-state index contributed by atoms with van der Waals surface area (Å²) in [7, 11) is 0. The lowest BCUT2D eigenvalue weighted by atomic mass is 10.1. The van der Waals surface area contributed by atoms with Crippen LogP contribution in [0.2, 0.25) is 0 Å². The Morgan fingerprint density at radius 3 is 2.84 bits per heavy atom. The van der Waals surface area contributed by atoms with Crippen LogP contribution in [0.15, 0.2) is 59.7 Å². The predicted octanol–water partition coefficient (Wildman–Crippen LogP) is 4.61. The lowest BCUT2D eigenvalue weighted by Crippen LogP contribution is -1.99. The molecule has 0 atom stereocenters. The molecular weight excluding hydrogens is 352 g/mol. The Balaban J connectivity index is 1.55. The maximum atomic E-state index is 12.4. The molecule has 0 saturated carbocycles. The number of pyridine rings is 1. The van der Waals surface area contributed by atoms with Gasteiger partial charge >= 0.3 is 0 Å². The van der Waals surface area contributed by atoms with E-state index in [1.54, 1.807) is 23.7 Å². The second kappa shape index (κ2) is 5.34. The van der Waals surface area contributed by atoms with Gasteiger partial charge in [0.1, 0.15) is 10.6 Å². The van der Waals surface area contributed by atoms with Crippen LogP contribution in [-0.4, -0.2) is 21.1 Å². The van der Waals surface area contributed by atoms with Crippen LogP contribution in [0.4, 0.5) is 0 Å². The molecule has 0 amide bonds. The van der Waals surface area contributed by atoms with Crippen molar-refractivity contribution in [2.45, 2.75) is 0 Å². The van der Waals surface area contributed by atoms with E-state index in [-0.39, 0.29) is 17.1 Å². The van der Waals surface area contributed by atoms with Crippen LogP contribution in [0.3, 0.4) is 0 Å². The minimum absolute atomic E-state index is 0.168. The van der Waals surface area contributed by atoms with E-state index < -0.39 is 0 Å². The van der Waals surface area contributed by atoms with E-state index in [4.69, 9.17) is 0 Å². The number of hydrogen-bond donors (Lipinski definition) is 0. The summed E-state index contributed by atoms with van der Waals surface area (Å²) >= 11 is 2.85. The molecule has 4 aromatic rings. The number of carbonyl (C=O) groups excluding carboxylic acids is 2. The minimum Gasteiger partial charge on any atom is -0.292 e. The Bertz CT molecular complexity index is 1160. The Kier molecular flexibility index (Phi) is 3.10. The molecule has 1 aliphatic carbocycles. The fourth-order valence-corrected chi connectivity index (χ4v) is 4.78. The molecule has 4 nitrogen and oxygen atoms in total. The minimum atomic E-state index is -0.177. The van der Waals surface area contributed by atoms with E-state index in [1.807, 2.05) is 41.1 Å². The first-order valence-electron chi connectivity index (χ1n) is 7.63. The van der Waals surface area contributed by atoms with Crippen molar-refractivity contribution in [3.05, 3.63) is 75.1 Å². The molecule has 1 aliphatic rings. The number of nitrogens with zero attached hydrogens (tertiary/aromatic N) is 2. The van der Waals surface area contributed by atoms with Crippen LogP contribution in [0.25, 0.3) is 22.1 Å². The topological polar surface area (TPSA) is 52.0 Å². The first-order valence-corrected chi connectivity index (χ1v) is 9.33. The third-order valence-electron chi connectivity index (χ3n) is 4.19. The second-order valence-electron chi connectivity index (χ2n) is 5.66. The van der Waals surface area contributed by atoms with Crippen molar-refractivity contribution in [1.82, 2.24) is 9.55 Å². The van der Waals surface area contributed by atoms with Gasteiger partial charge in [-0.1, -0.05) is 0 Å². The molecular formula is C19H10N2O2S2. The third-order valence-corrected chi connectivity index (χ3v) is 6.13. The monoisotopic (exact) mass is 362 g/mol. The van der Waals surface area contributed by atoms with Crippen molar-refractivity contribution in [2.75, 3.05) is 0 Å². The molecule has 0 radical (unpaired) electrons. The molecule has 0 spiro atoms. The number of fused-ring (bicyclic) bond motifs is 2. The Morgan fingerprint density at radius 2 is 1.96 bits per heavy atom. The number of aromatic nitrogens is 2. The van der Waals surface area contributed by atoms with Gasteiger partial charge in [-0.3, -0.25) is 14.2 Å². The van der Waals surface area contributed by atoms with Gasteiger partial charge in [0.2, 0.25) is 5.78 Å². The number of hydrogen-bond acceptors (Lipinski definition) is 5. The Morgan fingerprint density at radius 1 is 1.04 bits per heavy atom. The summed E-state index contributed by atoms with van der Waals surface area (Å²) in [6.45, 7) is 0. The van der Waals surface area contributed by atoms with E-state index in [9.17, 15) is 9.59 Å². The zero-order valence-corrected chi connectivity index (χ0v) is 14.4. The van der Waals surface area contributed by atoms with Crippen molar-refractivity contribution < 1.29 is 9.59 Å². The molecule has 0 aromatic carbocycles. The third kappa shape index (κ3) is 2.15. The summed E-state index contributed by atoms with van der Waals surface area (Å²) in [5.74, 6) is -0.345.